The Kier molecular flexibility index (Phi) is 11.2. The summed E-state index contributed by atoms with van der Waals surface area (Å²) in [6, 6.07) is 0. The first-order valence-electron chi connectivity index (χ1n) is 9.50. The average molecular weight is 362 g/mol. The Morgan fingerprint density at radius 2 is 1.56 bits per heavy atom. The normalized spacial score (nSPS) is 27.4. The van der Waals surface area contributed by atoms with Crippen molar-refractivity contribution < 1.29 is 34.3 Å². The topological polar surface area (TPSA) is 105 Å². The van der Waals surface area contributed by atoms with Gasteiger partial charge >= 0.3 is 5.97 Å². The minimum atomic E-state index is -1.65. The van der Waals surface area contributed by atoms with Crippen LogP contribution in [0.1, 0.15) is 65.2 Å². The number of carbonyl (C=O) groups is 1. The first-order chi connectivity index (χ1) is 12.0. The van der Waals surface area contributed by atoms with Crippen LogP contribution in [0.3, 0.4) is 0 Å². The lowest BCUT2D eigenvalue weighted by Crippen LogP contribution is -2.43. The molecule has 148 valence electrons. The predicted molar refractivity (Wildman–Crippen MR) is 91.9 cm³/mol. The van der Waals surface area contributed by atoms with Gasteiger partial charge in [0, 0.05) is 6.61 Å². The number of esters is 1. The standard InChI is InChI=1S/C18H34O7/c1-3-5-7-9-11-23-17(22)15(21)16-13(19)14(20)18(25-16)24-12-10-8-6-4-2/h13-16,18-21H,3-12H2,1-2H3/t13-,14-,15+,16-,18+/m1/s1. The lowest BCUT2D eigenvalue weighted by Gasteiger charge is -2.19. The van der Waals surface area contributed by atoms with Crippen molar-refractivity contribution in [1.82, 2.24) is 0 Å². The van der Waals surface area contributed by atoms with Crippen molar-refractivity contribution in [3.8, 4) is 0 Å². The van der Waals surface area contributed by atoms with Crippen LogP contribution in [0.25, 0.3) is 0 Å². The van der Waals surface area contributed by atoms with Gasteiger partial charge in [-0.25, -0.2) is 4.79 Å². The van der Waals surface area contributed by atoms with Crippen LogP contribution in [0.5, 0.6) is 0 Å². The first kappa shape index (κ1) is 22.3. The monoisotopic (exact) mass is 362 g/mol. The number of aliphatic hydroxyl groups excluding tert-OH is 3. The molecule has 0 aliphatic carbocycles. The highest BCUT2D eigenvalue weighted by Gasteiger charge is 2.49. The zero-order chi connectivity index (χ0) is 18.7. The van der Waals surface area contributed by atoms with Gasteiger partial charge in [-0.2, -0.15) is 0 Å². The van der Waals surface area contributed by atoms with Crippen molar-refractivity contribution in [2.75, 3.05) is 13.2 Å². The van der Waals surface area contributed by atoms with E-state index in [1.54, 1.807) is 0 Å². The van der Waals surface area contributed by atoms with Gasteiger partial charge in [0.2, 0.25) is 0 Å². The van der Waals surface area contributed by atoms with Gasteiger partial charge in [-0.1, -0.05) is 52.4 Å². The van der Waals surface area contributed by atoms with Crippen LogP contribution in [-0.2, 0) is 19.0 Å². The smallest absolute Gasteiger partial charge is 0.337 e. The summed E-state index contributed by atoms with van der Waals surface area (Å²) in [4.78, 5) is 11.9. The fourth-order valence-corrected chi connectivity index (χ4v) is 2.72. The molecule has 0 saturated carbocycles. The third-order valence-electron chi connectivity index (χ3n) is 4.33. The second kappa shape index (κ2) is 12.6. The molecule has 1 saturated heterocycles. The lowest BCUT2D eigenvalue weighted by molar-refractivity contribution is -0.189. The zero-order valence-electron chi connectivity index (χ0n) is 15.4. The van der Waals surface area contributed by atoms with Gasteiger partial charge < -0.3 is 29.5 Å². The molecule has 25 heavy (non-hydrogen) atoms. The Bertz CT molecular complexity index is 363. The van der Waals surface area contributed by atoms with Crippen molar-refractivity contribution in [1.29, 1.82) is 0 Å². The van der Waals surface area contributed by atoms with Crippen molar-refractivity contribution >= 4 is 5.97 Å². The number of aliphatic hydroxyl groups is 3. The van der Waals surface area contributed by atoms with Gasteiger partial charge in [0.25, 0.3) is 0 Å². The molecule has 0 aromatic rings. The molecule has 1 fully saturated rings. The van der Waals surface area contributed by atoms with Gasteiger partial charge in [-0.15, -0.1) is 0 Å². The van der Waals surface area contributed by atoms with Crippen LogP contribution >= 0.6 is 0 Å². The summed E-state index contributed by atoms with van der Waals surface area (Å²) in [6.45, 7) is 4.80. The fraction of sp³-hybridized carbons (Fsp3) is 0.944. The summed E-state index contributed by atoms with van der Waals surface area (Å²) in [7, 11) is 0. The van der Waals surface area contributed by atoms with E-state index in [0.29, 0.717) is 6.61 Å². The molecule has 0 bridgehead atoms. The molecular formula is C18H34O7. The van der Waals surface area contributed by atoms with Crippen LogP contribution in [-0.4, -0.2) is 65.2 Å². The first-order valence-corrected chi connectivity index (χ1v) is 9.50. The molecule has 0 aromatic carbocycles. The van der Waals surface area contributed by atoms with E-state index in [1.165, 1.54) is 0 Å². The summed E-state index contributed by atoms with van der Waals surface area (Å²) in [5.74, 6) is -0.851. The van der Waals surface area contributed by atoms with E-state index in [2.05, 4.69) is 13.8 Å². The quantitative estimate of drug-likeness (QED) is 0.337. The zero-order valence-corrected chi connectivity index (χ0v) is 15.4. The third kappa shape index (κ3) is 7.58. The van der Waals surface area contributed by atoms with Crippen LogP contribution < -0.4 is 0 Å². The number of hydrogen-bond donors (Lipinski definition) is 3. The van der Waals surface area contributed by atoms with E-state index in [1.807, 2.05) is 0 Å². The second-order valence-corrected chi connectivity index (χ2v) is 6.55. The molecule has 1 heterocycles. The average Bonchev–Trinajstić information content (AvgIpc) is 2.89. The number of ether oxygens (including phenoxy) is 3. The van der Waals surface area contributed by atoms with E-state index in [9.17, 15) is 20.1 Å². The summed E-state index contributed by atoms with van der Waals surface area (Å²) in [5.41, 5.74) is 0. The van der Waals surface area contributed by atoms with Crippen molar-refractivity contribution in [3.63, 3.8) is 0 Å². The lowest BCUT2D eigenvalue weighted by atomic mass is 10.1. The Labute approximate surface area is 150 Å². The molecule has 1 aliphatic heterocycles. The van der Waals surface area contributed by atoms with E-state index in [-0.39, 0.29) is 6.61 Å². The van der Waals surface area contributed by atoms with Crippen molar-refractivity contribution in [3.05, 3.63) is 0 Å². The van der Waals surface area contributed by atoms with Gasteiger partial charge in [-0.05, 0) is 12.8 Å². The van der Waals surface area contributed by atoms with E-state index in [4.69, 9.17) is 14.2 Å². The maximum absolute atomic E-state index is 11.9. The van der Waals surface area contributed by atoms with Crippen LogP contribution in [0.15, 0.2) is 0 Å². The SMILES string of the molecule is CCCCCCOC(=O)[C@@H](O)[C@@H]1O[C@H](OCCCCCC)[C@H](O)[C@H]1O. The highest BCUT2D eigenvalue weighted by Crippen LogP contribution is 2.25. The predicted octanol–water partition coefficient (Wildman–Crippen LogP) is 1.51. The molecule has 7 heteroatoms. The number of unbranched alkanes of at least 4 members (excludes halogenated alkanes) is 6. The summed E-state index contributed by atoms with van der Waals surface area (Å²) >= 11 is 0. The van der Waals surface area contributed by atoms with Crippen molar-refractivity contribution in [2.24, 2.45) is 0 Å². The van der Waals surface area contributed by atoms with E-state index in [0.717, 1.165) is 51.4 Å². The molecule has 7 nitrogen and oxygen atoms in total. The summed E-state index contributed by atoms with van der Waals surface area (Å²) in [6.07, 6.45) is 1.22. The van der Waals surface area contributed by atoms with Gasteiger partial charge in [-0.3, -0.25) is 0 Å². The van der Waals surface area contributed by atoms with E-state index >= 15 is 0 Å². The van der Waals surface area contributed by atoms with Gasteiger partial charge in [0.1, 0.15) is 18.3 Å². The maximum atomic E-state index is 11.9. The Morgan fingerprint density at radius 3 is 2.16 bits per heavy atom. The minimum Gasteiger partial charge on any atom is -0.464 e. The highest BCUT2D eigenvalue weighted by molar-refractivity contribution is 5.75. The Hall–Kier alpha value is -0.730. The Balaban J connectivity index is 2.34. The number of rotatable bonds is 13. The van der Waals surface area contributed by atoms with E-state index < -0.39 is 36.7 Å². The molecule has 5 atom stereocenters. The van der Waals surface area contributed by atoms with Gasteiger partial charge in [0.15, 0.2) is 12.4 Å². The molecule has 1 aliphatic rings. The molecule has 1 rings (SSSR count). The summed E-state index contributed by atoms with van der Waals surface area (Å²) < 4.78 is 15.8. The maximum Gasteiger partial charge on any atom is 0.337 e. The van der Waals surface area contributed by atoms with Crippen LogP contribution in [0.2, 0.25) is 0 Å². The molecule has 0 unspecified atom stereocenters. The fourth-order valence-electron chi connectivity index (χ4n) is 2.72. The highest BCUT2D eigenvalue weighted by atomic mass is 16.7. The number of carbonyl (C=O) groups excluding carboxylic acids is 1. The third-order valence-corrected chi connectivity index (χ3v) is 4.33. The summed E-state index contributed by atoms with van der Waals surface area (Å²) in [5, 5.41) is 30.0. The van der Waals surface area contributed by atoms with Crippen LogP contribution in [0.4, 0.5) is 0 Å². The Morgan fingerprint density at radius 1 is 0.960 bits per heavy atom. The van der Waals surface area contributed by atoms with Crippen LogP contribution in [0, 0.1) is 0 Å². The van der Waals surface area contributed by atoms with Crippen molar-refractivity contribution in [2.45, 2.75) is 95.9 Å². The molecule has 0 amide bonds. The molecular weight excluding hydrogens is 328 g/mol. The van der Waals surface area contributed by atoms with Gasteiger partial charge in [0.05, 0.1) is 6.61 Å². The molecule has 3 N–H and O–H groups in total. The minimum absolute atomic E-state index is 0.221. The molecule has 0 aromatic heterocycles. The largest absolute Gasteiger partial charge is 0.464 e. The molecule has 0 spiro atoms. The number of hydrogen-bond acceptors (Lipinski definition) is 7. The molecule has 0 radical (unpaired) electrons. The second-order valence-electron chi connectivity index (χ2n) is 6.55.